The largest absolute Gasteiger partial charge is 0.370 e. The zero-order chi connectivity index (χ0) is 11.5. The van der Waals surface area contributed by atoms with Crippen molar-refractivity contribution in [3.8, 4) is 0 Å². The average Bonchev–Trinajstić information content (AvgIpc) is 2.65. The lowest BCUT2D eigenvalue weighted by Crippen LogP contribution is -2.26. The topological polar surface area (TPSA) is 129 Å². The van der Waals surface area contributed by atoms with E-state index in [4.69, 9.17) is 21.7 Å². The van der Waals surface area contributed by atoms with Crippen LogP contribution in [0.1, 0.15) is 0 Å². The van der Waals surface area contributed by atoms with Gasteiger partial charge in [-0.1, -0.05) is 11.2 Å². The Morgan fingerprint density at radius 1 is 1.25 bits per heavy atom. The van der Waals surface area contributed by atoms with Crippen LogP contribution in [0.2, 0.25) is 0 Å². The van der Waals surface area contributed by atoms with Crippen LogP contribution in [-0.2, 0) is 0 Å². The van der Waals surface area contributed by atoms with Crippen LogP contribution in [0.25, 0.3) is 11.0 Å². The van der Waals surface area contributed by atoms with Crippen molar-refractivity contribution in [1.82, 2.24) is 5.16 Å². The summed E-state index contributed by atoms with van der Waals surface area (Å²) in [4.78, 5) is 7.61. The molecule has 0 spiro atoms. The van der Waals surface area contributed by atoms with Crippen LogP contribution in [0.15, 0.2) is 38.9 Å². The molecule has 7 heteroatoms. The summed E-state index contributed by atoms with van der Waals surface area (Å²) in [6.45, 7) is 0. The molecule has 0 saturated heterocycles. The van der Waals surface area contributed by atoms with Gasteiger partial charge in [-0.15, -0.1) is 0 Å². The van der Waals surface area contributed by atoms with Crippen molar-refractivity contribution in [3.63, 3.8) is 0 Å². The van der Waals surface area contributed by atoms with Gasteiger partial charge >= 0.3 is 0 Å². The minimum absolute atomic E-state index is 0.0381. The van der Waals surface area contributed by atoms with Gasteiger partial charge in [-0.05, 0) is 12.1 Å². The van der Waals surface area contributed by atoms with Crippen LogP contribution in [0.4, 0.5) is 5.69 Å². The third-order valence-electron chi connectivity index (χ3n) is 1.84. The number of hydrogen-bond donors (Lipinski definition) is 3. The maximum atomic E-state index is 5.51. The summed E-state index contributed by atoms with van der Waals surface area (Å²) in [5.41, 5.74) is 16.9. The molecule has 0 amide bonds. The number of aliphatic imine (C=N–C) groups is 2. The van der Waals surface area contributed by atoms with Crippen molar-refractivity contribution in [3.05, 3.63) is 24.4 Å². The second-order valence-electron chi connectivity index (χ2n) is 3.03. The summed E-state index contributed by atoms with van der Waals surface area (Å²) in [5.74, 6) is -0.185. The zero-order valence-corrected chi connectivity index (χ0v) is 8.29. The third kappa shape index (κ3) is 1.92. The van der Waals surface area contributed by atoms with Crippen molar-refractivity contribution < 1.29 is 4.52 Å². The number of benzene rings is 1. The Morgan fingerprint density at radius 3 is 2.81 bits per heavy atom. The van der Waals surface area contributed by atoms with Crippen LogP contribution in [0.5, 0.6) is 0 Å². The number of nitrogens with zero attached hydrogens (tertiary/aromatic N) is 3. The first kappa shape index (κ1) is 9.97. The highest BCUT2D eigenvalue weighted by atomic mass is 16.5. The quantitative estimate of drug-likeness (QED) is 0.460. The minimum Gasteiger partial charge on any atom is -0.370 e. The molecule has 0 bridgehead atoms. The van der Waals surface area contributed by atoms with E-state index in [0.717, 1.165) is 5.39 Å². The first-order valence-corrected chi connectivity index (χ1v) is 4.44. The van der Waals surface area contributed by atoms with E-state index in [-0.39, 0.29) is 11.9 Å². The highest BCUT2D eigenvalue weighted by molar-refractivity contribution is 5.96. The van der Waals surface area contributed by atoms with E-state index < -0.39 is 0 Å². The Kier molecular flexibility index (Phi) is 2.42. The maximum Gasteiger partial charge on any atom is 0.223 e. The Labute approximate surface area is 90.6 Å². The molecule has 2 aromatic rings. The number of fused-ring (bicyclic) bond motifs is 1. The van der Waals surface area contributed by atoms with Crippen LogP contribution < -0.4 is 17.2 Å². The normalized spacial score (nSPS) is 11.6. The third-order valence-corrected chi connectivity index (χ3v) is 1.84. The molecule has 0 aliphatic heterocycles. The summed E-state index contributed by atoms with van der Waals surface area (Å²) in [6, 6.07) is 5.38. The van der Waals surface area contributed by atoms with E-state index in [1.807, 2.05) is 6.07 Å². The molecule has 82 valence electrons. The Hall–Kier alpha value is -2.57. The van der Waals surface area contributed by atoms with Gasteiger partial charge in [-0.25, -0.2) is 4.99 Å². The number of aromatic nitrogens is 1. The highest BCUT2D eigenvalue weighted by Gasteiger charge is 2.04. The molecule has 0 unspecified atom stereocenters. The van der Waals surface area contributed by atoms with E-state index in [0.29, 0.717) is 11.3 Å². The van der Waals surface area contributed by atoms with Gasteiger partial charge in [0.2, 0.25) is 5.96 Å². The summed E-state index contributed by atoms with van der Waals surface area (Å²) >= 11 is 0. The lowest BCUT2D eigenvalue weighted by molar-refractivity contribution is 0.457. The highest BCUT2D eigenvalue weighted by Crippen LogP contribution is 2.25. The molecule has 0 aliphatic rings. The fourth-order valence-electron chi connectivity index (χ4n) is 1.25. The molecule has 0 saturated carbocycles. The Morgan fingerprint density at radius 2 is 2.06 bits per heavy atom. The molecule has 2 rings (SSSR count). The first-order valence-electron chi connectivity index (χ1n) is 4.44. The molecule has 7 nitrogen and oxygen atoms in total. The predicted octanol–water partition coefficient (Wildman–Crippen LogP) is 0.0474. The smallest absolute Gasteiger partial charge is 0.223 e. The van der Waals surface area contributed by atoms with Gasteiger partial charge in [-0.3, -0.25) is 0 Å². The zero-order valence-electron chi connectivity index (χ0n) is 8.29. The molecular formula is C9H10N6O. The standard InChI is InChI=1S/C9H10N6O/c10-8(11)15-9(12)14-6-3-1-2-5-4-13-16-7(5)6/h1-4H,(H6,10,11,12,14,15). The van der Waals surface area contributed by atoms with Gasteiger partial charge in [0, 0.05) is 5.39 Å². The van der Waals surface area contributed by atoms with Gasteiger partial charge in [0.25, 0.3) is 0 Å². The summed E-state index contributed by atoms with van der Waals surface area (Å²) in [6.07, 6.45) is 1.59. The van der Waals surface area contributed by atoms with Crippen molar-refractivity contribution in [2.24, 2.45) is 27.2 Å². The SMILES string of the molecule is NC(N)=NC(N)=Nc1cccc2cnoc12. The van der Waals surface area contributed by atoms with E-state index in [1.54, 1.807) is 18.3 Å². The van der Waals surface area contributed by atoms with E-state index >= 15 is 0 Å². The van der Waals surface area contributed by atoms with E-state index in [1.165, 1.54) is 0 Å². The molecular weight excluding hydrogens is 208 g/mol. The summed E-state index contributed by atoms with van der Waals surface area (Å²) < 4.78 is 5.03. The molecule has 1 aromatic heterocycles. The lowest BCUT2D eigenvalue weighted by Gasteiger charge is -1.96. The second kappa shape index (κ2) is 3.89. The summed E-state index contributed by atoms with van der Waals surface area (Å²) in [7, 11) is 0. The number of hydrogen-bond acceptors (Lipinski definition) is 3. The van der Waals surface area contributed by atoms with E-state index in [9.17, 15) is 0 Å². The fourth-order valence-corrected chi connectivity index (χ4v) is 1.25. The van der Waals surface area contributed by atoms with Gasteiger partial charge < -0.3 is 21.7 Å². The van der Waals surface area contributed by atoms with Gasteiger partial charge in [0.05, 0.1) is 6.20 Å². The van der Waals surface area contributed by atoms with Crippen molar-refractivity contribution in [2.75, 3.05) is 0 Å². The van der Waals surface area contributed by atoms with Crippen molar-refractivity contribution in [1.29, 1.82) is 0 Å². The van der Waals surface area contributed by atoms with Gasteiger partial charge in [-0.2, -0.15) is 4.99 Å². The molecule has 1 aromatic carbocycles. The van der Waals surface area contributed by atoms with Crippen molar-refractivity contribution >= 4 is 28.6 Å². The summed E-state index contributed by atoms with van der Waals surface area (Å²) in [5, 5.41) is 4.49. The molecule has 0 aliphatic carbocycles. The van der Waals surface area contributed by atoms with Gasteiger partial charge in [0.1, 0.15) is 5.69 Å². The van der Waals surface area contributed by atoms with Crippen LogP contribution >= 0.6 is 0 Å². The van der Waals surface area contributed by atoms with Crippen LogP contribution in [0.3, 0.4) is 0 Å². The number of para-hydroxylation sites is 1. The monoisotopic (exact) mass is 218 g/mol. The lowest BCUT2D eigenvalue weighted by atomic mass is 10.2. The minimum atomic E-state index is -0.147. The Bertz CT molecular complexity index is 566. The number of rotatable bonds is 1. The predicted molar refractivity (Wildman–Crippen MR) is 61.1 cm³/mol. The number of nitrogens with two attached hydrogens (primary N) is 3. The van der Waals surface area contributed by atoms with E-state index in [2.05, 4.69) is 15.1 Å². The second-order valence-corrected chi connectivity index (χ2v) is 3.03. The maximum absolute atomic E-state index is 5.51. The van der Waals surface area contributed by atoms with Crippen molar-refractivity contribution in [2.45, 2.75) is 0 Å². The van der Waals surface area contributed by atoms with Crippen LogP contribution in [0, 0.1) is 0 Å². The molecule has 0 fully saturated rings. The Balaban J connectivity index is 2.48. The molecule has 0 atom stereocenters. The first-order chi connectivity index (χ1) is 7.66. The van der Waals surface area contributed by atoms with Gasteiger partial charge in [0.15, 0.2) is 11.5 Å². The molecule has 16 heavy (non-hydrogen) atoms. The van der Waals surface area contributed by atoms with Crippen LogP contribution in [-0.4, -0.2) is 17.1 Å². The number of guanidine groups is 2. The fraction of sp³-hybridized carbons (Fsp3) is 0. The molecule has 1 heterocycles. The molecule has 6 N–H and O–H groups in total. The average molecular weight is 218 g/mol. The molecule has 0 radical (unpaired) electrons.